The van der Waals surface area contributed by atoms with Gasteiger partial charge in [-0.15, -0.1) is 0 Å². The molecule has 258 valence electrons. The number of ketones is 2. The molecule has 5 rings (SSSR count). The maximum atomic E-state index is 14.4. The number of carbonyl (C=O) groups is 2. The number of methoxy groups -OCH3 is 1. The number of aromatic hydroxyl groups is 1. The fourth-order valence-corrected chi connectivity index (χ4v) is 5.95. The summed E-state index contributed by atoms with van der Waals surface area (Å²) in [5.41, 5.74) is 12.3. The Balaban J connectivity index is 1.63. The Morgan fingerprint density at radius 1 is 1.02 bits per heavy atom. The zero-order valence-corrected chi connectivity index (χ0v) is 26.2. The number of aliphatic hydroxyl groups excluding tert-OH is 5. The van der Waals surface area contributed by atoms with Crippen LogP contribution in [0, 0.1) is 0 Å². The molecule has 2 aromatic rings. The second-order valence-electron chi connectivity index (χ2n) is 11.5. The molecule has 0 spiro atoms. The van der Waals surface area contributed by atoms with Crippen molar-refractivity contribution in [2.45, 2.75) is 62.9 Å². The van der Waals surface area contributed by atoms with E-state index in [2.05, 4.69) is 15.6 Å². The van der Waals surface area contributed by atoms with Crippen molar-refractivity contribution in [2.75, 3.05) is 20.8 Å². The van der Waals surface area contributed by atoms with E-state index in [1.165, 1.54) is 26.3 Å². The Hall–Kier alpha value is -4.55. The summed E-state index contributed by atoms with van der Waals surface area (Å²) in [6.45, 7) is -1.51. The van der Waals surface area contributed by atoms with Gasteiger partial charge in [-0.3, -0.25) is 14.6 Å². The molecule has 2 heterocycles. The summed E-state index contributed by atoms with van der Waals surface area (Å²) < 4.78 is 16.7. The number of aryl methyl sites for hydroxylation is 1. The highest BCUT2D eigenvalue weighted by atomic mass is 16.7. The second kappa shape index (κ2) is 14.3. The van der Waals surface area contributed by atoms with Crippen molar-refractivity contribution >= 4 is 17.5 Å². The average molecular weight is 670 g/mol. The van der Waals surface area contributed by atoms with E-state index in [0.29, 0.717) is 18.4 Å². The van der Waals surface area contributed by atoms with Gasteiger partial charge in [0.25, 0.3) is 0 Å². The fourth-order valence-electron chi connectivity index (χ4n) is 5.95. The molecule has 2 aliphatic heterocycles. The molecule has 6 atom stereocenters. The number of benzene rings is 2. The third kappa shape index (κ3) is 6.34. The largest absolute Gasteiger partial charge is 0.507 e. The Bertz CT molecular complexity index is 1690. The van der Waals surface area contributed by atoms with E-state index in [1.54, 1.807) is 12.3 Å². The molecule has 2 aromatic carbocycles. The molecule has 0 bridgehead atoms. The Morgan fingerprint density at radius 3 is 2.40 bits per heavy atom. The normalized spacial score (nSPS) is 25.2. The lowest BCUT2D eigenvalue weighted by Crippen LogP contribution is -2.60. The smallest absolute Gasteiger partial charge is 0.229 e. The van der Waals surface area contributed by atoms with E-state index < -0.39 is 61.2 Å². The number of nitrogens with one attached hydrogen (secondary N) is 2. The van der Waals surface area contributed by atoms with Gasteiger partial charge >= 0.3 is 0 Å². The highest BCUT2D eigenvalue weighted by Crippen LogP contribution is 2.45. The highest BCUT2D eigenvalue weighted by molar-refractivity contribution is 6.31. The zero-order valence-electron chi connectivity index (χ0n) is 26.2. The molecule has 0 aromatic heterocycles. The number of dihydropyridines is 1. The number of hydrogen-bond donors (Lipinski definition) is 10. The minimum atomic E-state index is -1.84. The summed E-state index contributed by atoms with van der Waals surface area (Å²) in [4.78, 5) is 32.5. The summed E-state index contributed by atoms with van der Waals surface area (Å²) >= 11 is 0. The number of allylic oxidation sites excluding steroid dienone is 2. The number of guanidine groups is 1. The monoisotopic (exact) mass is 669 g/mol. The van der Waals surface area contributed by atoms with Gasteiger partial charge in [-0.2, -0.15) is 0 Å². The van der Waals surface area contributed by atoms with Crippen LogP contribution in [0.15, 0.2) is 41.1 Å². The molecule has 1 fully saturated rings. The number of hydrogen-bond acceptors (Lipinski definition) is 14. The Labute approximate surface area is 274 Å². The van der Waals surface area contributed by atoms with Crippen LogP contribution in [0.5, 0.6) is 17.2 Å². The van der Waals surface area contributed by atoms with Gasteiger partial charge in [-0.25, -0.2) is 0 Å². The lowest BCUT2D eigenvalue weighted by Gasteiger charge is -2.40. The molecular weight excluding hydrogens is 630 g/mol. The quantitative estimate of drug-likeness (QED) is 0.0838. The molecule has 16 nitrogen and oxygen atoms in total. The average Bonchev–Trinajstić information content (AvgIpc) is 3.09. The zero-order chi connectivity index (χ0) is 34.9. The summed E-state index contributed by atoms with van der Waals surface area (Å²) in [5.74, 6) is -2.39. The number of fused-ring (bicyclic) bond motifs is 2. The number of phenols is 1. The molecule has 6 unspecified atom stereocenters. The van der Waals surface area contributed by atoms with Crippen LogP contribution in [0.1, 0.15) is 55.0 Å². The molecule has 1 saturated heterocycles. The Morgan fingerprint density at radius 2 is 1.77 bits per heavy atom. The number of nitrogens with two attached hydrogens (primary N) is 2. The molecule has 0 saturated carbocycles. The summed E-state index contributed by atoms with van der Waals surface area (Å²) in [6.07, 6.45) is -2.47. The molecular formula is C32H39N5O11. The van der Waals surface area contributed by atoms with Crippen molar-refractivity contribution in [1.29, 1.82) is 0 Å². The summed E-state index contributed by atoms with van der Waals surface area (Å²) in [5, 5.41) is 68.7. The van der Waals surface area contributed by atoms with Crippen molar-refractivity contribution in [3.8, 4) is 17.2 Å². The molecule has 12 N–H and O–H groups in total. The van der Waals surface area contributed by atoms with Crippen molar-refractivity contribution < 1.29 is 54.4 Å². The van der Waals surface area contributed by atoms with E-state index in [1.807, 2.05) is 6.08 Å². The summed E-state index contributed by atoms with van der Waals surface area (Å²) in [6, 6.07) is 2.71. The fraction of sp³-hybridized carbons (Fsp3) is 0.406. The van der Waals surface area contributed by atoms with Crippen LogP contribution in [-0.4, -0.2) is 106 Å². The van der Waals surface area contributed by atoms with Crippen molar-refractivity contribution in [2.24, 2.45) is 16.5 Å². The number of aliphatic imine (C=N–C) groups is 1. The summed E-state index contributed by atoms with van der Waals surface area (Å²) in [7, 11) is 2.74. The van der Waals surface area contributed by atoms with Crippen molar-refractivity contribution in [1.82, 2.24) is 10.6 Å². The Kier molecular flexibility index (Phi) is 10.4. The molecule has 0 amide bonds. The highest BCUT2D eigenvalue weighted by Gasteiger charge is 2.46. The van der Waals surface area contributed by atoms with Crippen LogP contribution in [0.25, 0.3) is 0 Å². The molecule has 0 radical (unpaired) electrons. The topological polar surface area (TPSA) is 272 Å². The number of aliphatic hydroxyl groups is 5. The van der Waals surface area contributed by atoms with Gasteiger partial charge in [0.1, 0.15) is 41.7 Å². The lowest BCUT2D eigenvalue weighted by atomic mass is 9.78. The van der Waals surface area contributed by atoms with E-state index in [-0.39, 0.29) is 63.5 Å². The van der Waals surface area contributed by atoms with Gasteiger partial charge in [-0.1, -0.05) is 6.08 Å². The van der Waals surface area contributed by atoms with Crippen molar-refractivity contribution in [3.05, 3.63) is 75.0 Å². The van der Waals surface area contributed by atoms with Gasteiger partial charge < -0.3 is 67.0 Å². The predicted molar refractivity (Wildman–Crippen MR) is 169 cm³/mol. The van der Waals surface area contributed by atoms with Gasteiger partial charge in [0, 0.05) is 48.1 Å². The van der Waals surface area contributed by atoms with E-state index >= 15 is 0 Å². The van der Waals surface area contributed by atoms with E-state index in [9.17, 15) is 40.2 Å². The van der Waals surface area contributed by atoms with Crippen LogP contribution in [0.3, 0.4) is 0 Å². The minimum Gasteiger partial charge on any atom is -0.507 e. The number of carbonyl (C=O) groups excluding carboxylic acids is 2. The minimum absolute atomic E-state index is 0.0312. The van der Waals surface area contributed by atoms with Gasteiger partial charge in [0.15, 0.2) is 11.7 Å². The first kappa shape index (κ1) is 34.8. The maximum absolute atomic E-state index is 14.4. The second-order valence-corrected chi connectivity index (χ2v) is 11.5. The van der Waals surface area contributed by atoms with Crippen molar-refractivity contribution in [3.63, 3.8) is 0 Å². The van der Waals surface area contributed by atoms with Crippen LogP contribution >= 0.6 is 0 Å². The number of rotatable bonds is 10. The first-order chi connectivity index (χ1) is 22.9. The lowest BCUT2D eigenvalue weighted by molar-refractivity contribution is -0.277. The van der Waals surface area contributed by atoms with Gasteiger partial charge in [0.05, 0.1) is 37.6 Å². The molecule has 16 heteroatoms. The van der Waals surface area contributed by atoms with E-state index in [0.717, 1.165) is 5.57 Å². The SMILES string of the molecule is CN=C(N)NCc1c(CCC2=CNC(N)C=C2)cc2c(c1O)C(=O)c1c(OC3OC(CO)C(O)C(O)C3O)cc(OC)c(CO)c1C2=O. The van der Waals surface area contributed by atoms with E-state index in [4.69, 9.17) is 25.7 Å². The molecule has 3 aliphatic rings. The van der Waals surface area contributed by atoms with Gasteiger partial charge in [-0.05, 0) is 36.1 Å². The first-order valence-electron chi connectivity index (χ1n) is 15.1. The van der Waals surface area contributed by atoms with Crippen LogP contribution < -0.4 is 31.6 Å². The predicted octanol–water partition coefficient (Wildman–Crippen LogP) is -1.86. The molecule has 1 aliphatic carbocycles. The van der Waals surface area contributed by atoms with Crippen LogP contribution in [-0.2, 0) is 24.3 Å². The van der Waals surface area contributed by atoms with Crippen LogP contribution in [0.2, 0.25) is 0 Å². The van der Waals surface area contributed by atoms with Crippen LogP contribution in [0.4, 0.5) is 0 Å². The first-order valence-corrected chi connectivity index (χ1v) is 15.1. The number of ether oxygens (including phenoxy) is 3. The van der Waals surface area contributed by atoms with Gasteiger partial charge in [0.2, 0.25) is 12.1 Å². The maximum Gasteiger partial charge on any atom is 0.229 e. The standard InChI is InChI=1S/C32H39N5O11/c1-35-32(34)37-10-16-14(5-3-13-4-6-21(33)36-9-13)7-15-23(26(16)41)28(43)24-19(8-18(46-2)17(11-38)22(24)25(15)40)47-31-30(45)29(44)27(42)20(12-39)48-31/h4,6-9,20-21,27,29-31,36,38-39,41-42,44-45H,3,5,10-12,33H2,1-2H3,(H3,34,35,37). The third-order valence-corrected chi connectivity index (χ3v) is 8.60. The third-order valence-electron chi connectivity index (χ3n) is 8.60. The molecule has 48 heavy (non-hydrogen) atoms. The number of nitrogens with zero attached hydrogens (tertiary/aromatic N) is 1. The number of phenolic OH excluding ortho intramolecular Hbond substituents is 1.